The second kappa shape index (κ2) is 7.55. The standard InChI is InChI=1S/C34H22N2O/c1-21-10-12-22(13-11-21)24-14-15-29-26(18-24)27-19-28-32(20-30(27)36(29)25-7-3-2-4-8-25)37-31-9-5-6-23-16-17-35-34(28)33(23)31/h2-20H,1H3. The fourth-order valence-electron chi connectivity index (χ4n) is 5.70. The van der Waals surface area contributed by atoms with Gasteiger partial charge in [-0.1, -0.05) is 66.2 Å². The Morgan fingerprint density at radius 2 is 1.46 bits per heavy atom. The van der Waals surface area contributed by atoms with Crippen molar-refractivity contribution in [2.45, 2.75) is 6.92 Å². The summed E-state index contributed by atoms with van der Waals surface area (Å²) in [6.45, 7) is 2.12. The zero-order valence-electron chi connectivity index (χ0n) is 20.3. The highest BCUT2D eigenvalue weighted by Crippen LogP contribution is 2.48. The number of nitrogens with zero attached hydrogens (tertiary/aromatic N) is 2. The number of hydrogen-bond acceptors (Lipinski definition) is 2. The molecule has 5 aromatic carbocycles. The molecular formula is C34H22N2O. The molecule has 7 aromatic rings. The normalized spacial score (nSPS) is 12.1. The van der Waals surface area contributed by atoms with Gasteiger partial charge in [-0.25, -0.2) is 0 Å². The molecule has 1 aliphatic rings. The van der Waals surface area contributed by atoms with Crippen LogP contribution < -0.4 is 4.74 Å². The molecule has 0 amide bonds. The number of ether oxygens (including phenoxy) is 1. The fourth-order valence-corrected chi connectivity index (χ4v) is 5.70. The predicted octanol–water partition coefficient (Wildman–Crippen LogP) is 9.08. The van der Waals surface area contributed by atoms with Gasteiger partial charge < -0.3 is 9.30 Å². The highest BCUT2D eigenvalue weighted by molar-refractivity contribution is 6.14. The topological polar surface area (TPSA) is 27.1 Å². The highest BCUT2D eigenvalue weighted by atomic mass is 16.5. The number of rotatable bonds is 2. The first-order chi connectivity index (χ1) is 18.2. The summed E-state index contributed by atoms with van der Waals surface area (Å²) in [7, 11) is 0. The first-order valence-corrected chi connectivity index (χ1v) is 12.6. The highest BCUT2D eigenvalue weighted by Gasteiger charge is 2.24. The molecule has 0 N–H and O–H groups in total. The van der Waals surface area contributed by atoms with E-state index in [2.05, 4.69) is 102 Å². The average molecular weight is 475 g/mol. The van der Waals surface area contributed by atoms with Crippen molar-refractivity contribution < 1.29 is 4.74 Å². The first kappa shape index (κ1) is 20.3. The van der Waals surface area contributed by atoms with Crippen LogP contribution in [0.4, 0.5) is 0 Å². The Bertz CT molecular complexity index is 2000. The Morgan fingerprint density at radius 3 is 2.32 bits per heavy atom. The summed E-state index contributed by atoms with van der Waals surface area (Å²) >= 11 is 0. The molecule has 0 saturated heterocycles. The third-order valence-electron chi connectivity index (χ3n) is 7.49. The van der Waals surface area contributed by atoms with E-state index < -0.39 is 0 Å². The minimum absolute atomic E-state index is 0.838. The number of aryl methyl sites for hydroxylation is 1. The number of aromatic nitrogens is 2. The SMILES string of the molecule is Cc1ccc(-c2ccc3c(c2)c2cc4c(cc2n3-c2ccccc2)Oc2cccc3ccnc-4c23)cc1. The minimum Gasteiger partial charge on any atom is -0.456 e. The first-order valence-electron chi connectivity index (χ1n) is 12.6. The number of benzene rings is 5. The maximum atomic E-state index is 6.50. The molecule has 174 valence electrons. The van der Waals surface area contributed by atoms with Crippen LogP contribution in [0.25, 0.3) is 60.6 Å². The number of pyridine rings is 1. The lowest BCUT2D eigenvalue weighted by Crippen LogP contribution is -2.00. The zero-order valence-corrected chi connectivity index (χ0v) is 20.3. The largest absolute Gasteiger partial charge is 0.456 e. The zero-order chi connectivity index (χ0) is 24.5. The Morgan fingerprint density at radius 1 is 0.649 bits per heavy atom. The summed E-state index contributed by atoms with van der Waals surface area (Å²) in [6, 6.07) is 38.7. The summed E-state index contributed by atoms with van der Waals surface area (Å²) in [5, 5.41) is 4.62. The van der Waals surface area contributed by atoms with Crippen molar-refractivity contribution in [3.05, 3.63) is 121 Å². The van der Waals surface area contributed by atoms with E-state index in [0.717, 1.165) is 44.7 Å². The van der Waals surface area contributed by atoms with Gasteiger partial charge in [-0.3, -0.25) is 4.98 Å². The van der Waals surface area contributed by atoms with Gasteiger partial charge in [0, 0.05) is 34.3 Å². The van der Waals surface area contributed by atoms with E-state index in [4.69, 9.17) is 9.72 Å². The van der Waals surface area contributed by atoms with Crippen LogP contribution in [0.2, 0.25) is 0 Å². The van der Waals surface area contributed by atoms with Crippen LogP contribution in [0.5, 0.6) is 11.5 Å². The molecule has 0 fully saturated rings. The molecule has 0 saturated carbocycles. The van der Waals surface area contributed by atoms with Crippen LogP contribution in [0, 0.1) is 6.92 Å². The van der Waals surface area contributed by atoms with E-state index in [1.165, 1.54) is 33.0 Å². The van der Waals surface area contributed by atoms with Crippen molar-refractivity contribution in [2.75, 3.05) is 0 Å². The molecule has 0 spiro atoms. The van der Waals surface area contributed by atoms with Gasteiger partial charge in [-0.15, -0.1) is 0 Å². The lowest BCUT2D eigenvalue weighted by molar-refractivity contribution is 0.487. The molecule has 0 radical (unpaired) electrons. The molecule has 2 aromatic heterocycles. The van der Waals surface area contributed by atoms with Crippen molar-refractivity contribution in [3.8, 4) is 39.6 Å². The van der Waals surface area contributed by atoms with Crippen molar-refractivity contribution in [3.63, 3.8) is 0 Å². The van der Waals surface area contributed by atoms with Crippen LogP contribution in [0.1, 0.15) is 5.56 Å². The van der Waals surface area contributed by atoms with Crippen LogP contribution in [0.3, 0.4) is 0 Å². The predicted molar refractivity (Wildman–Crippen MR) is 152 cm³/mol. The molecule has 0 aliphatic carbocycles. The maximum absolute atomic E-state index is 6.50. The van der Waals surface area contributed by atoms with Crippen LogP contribution >= 0.6 is 0 Å². The molecule has 3 heterocycles. The molecular weight excluding hydrogens is 452 g/mol. The van der Waals surface area contributed by atoms with Gasteiger partial charge in [0.25, 0.3) is 0 Å². The third kappa shape index (κ3) is 2.98. The quantitative estimate of drug-likeness (QED) is 0.250. The maximum Gasteiger partial charge on any atom is 0.139 e. The summed E-state index contributed by atoms with van der Waals surface area (Å²) in [5.41, 5.74) is 9.11. The lowest BCUT2D eigenvalue weighted by Gasteiger charge is -2.20. The summed E-state index contributed by atoms with van der Waals surface area (Å²) < 4.78 is 8.83. The summed E-state index contributed by atoms with van der Waals surface area (Å²) in [5.74, 6) is 1.70. The monoisotopic (exact) mass is 474 g/mol. The van der Waals surface area contributed by atoms with Crippen LogP contribution in [-0.4, -0.2) is 9.55 Å². The molecule has 0 unspecified atom stereocenters. The fraction of sp³-hybridized carbons (Fsp3) is 0.0294. The van der Waals surface area contributed by atoms with Crippen molar-refractivity contribution in [2.24, 2.45) is 0 Å². The third-order valence-corrected chi connectivity index (χ3v) is 7.49. The molecule has 3 nitrogen and oxygen atoms in total. The van der Waals surface area contributed by atoms with Gasteiger partial charge in [0.1, 0.15) is 11.5 Å². The number of hydrogen-bond donors (Lipinski definition) is 0. The van der Waals surface area contributed by atoms with Gasteiger partial charge in [0.05, 0.1) is 22.1 Å². The van der Waals surface area contributed by atoms with E-state index in [1.54, 1.807) is 0 Å². The van der Waals surface area contributed by atoms with E-state index in [1.807, 2.05) is 24.4 Å². The Hall–Kier alpha value is -4.89. The molecule has 3 heteroatoms. The van der Waals surface area contributed by atoms with Gasteiger partial charge in [0.15, 0.2) is 0 Å². The van der Waals surface area contributed by atoms with Gasteiger partial charge in [-0.2, -0.15) is 0 Å². The van der Waals surface area contributed by atoms with Crippen LogP contribution in [-0.2, 0) is 0 Å². The van der Waals surface area contributed by atoms with E-state index >= 15 is 0 Å². The van der Waals surface area contributed by atoms with Gasteiger partial charge in [-0.05, 0) is 65.9 Å². The summed E-state index contributed by atoms with van der Waals surface area (Å²) in [4.78, 5) is 4.82. The Kier molecular flexibility index (Phi) is 4.15. The Balaban J connectivity index is 1.47. The van der Waals surface area contributed by atoms with E-state index in [-0.39, 0.29) is 0 Å². The van der Waals surface area contributed by atoms with E-state index in [9.17, 15) is 0 Å². The van der Waals surface area contributed by atoms with Crippen molar-refractivity contribution in [1.29, 1.82) is 0 Å². The molecule has 0 atom stereocenters. The molecule has 1 aliphatic heterocycles. The summed E-state index contributed by atoms with van der Waals surface area (Å²) in [6.07, 6.45) is 1.89. The van der Waals surface area contributed by atoms with E-state index in [0.29, 0.717) is 0 Å². The number of fused-ring (bicyclic) bond motifs is 5. The second-order valence-electron chi connectivity index (χ2n) is 9.75. The molecule has 8 rings (SSSR count). The van der Waals surface area contributed by atoms with Gasteiger partial charge >= 0.3 is 0 Å². The molecule has 0 bridgehead atoms. The van der Waals surface area contributed by atoms with Gasteiger partial charge in [0.2, 0.25) is 0 Å². The minimum atomic E-state index is 0.838. The molecule has 37 heavy (non-hydrogen) atoms. The van der Waals surface area contributed by atoms with Crippen molar-refractivity contribution >= 4 is 32.6 Å². The van der Waals surface area contributed by atoms with Crippen LogP contribution in [0.15, 0.2) is 115 Å². The number of para-hydroxylation sites is 1. The Labute approximate surface area is 214 Å². The average Bonchev–Trinajstić information content (AvgIpc) is 3.26. The second-order valence-corrected chi connectivity index (χ2v) is 9.75. The smallest absolute Gasteiger partial charge is 0.139 e. The lowest BCUT2D eigenvalue weighted by atomic mass is 9.97. The van der Waals surface area contributed by atoms with Crippen molar-refractivity contribution in [1.82, 2.24) is 9.55 Å².